The lowest BCUT2D eigenvalue weighted by atomic mass is 9.87. The first-order valence-electron chi connectivity index (χ1n) is 11.0. The van der Waals surface area contributed by atoms with E-state index in [-0.39, 0.29) is 12.2 Å². The minimum Gasteiger partial charge on any atom is -0.497 e. The predicted octanol–water partition coefficient (Wildman–Crippen LogP) is 5.91. The summed E-state index contributed by atoms with van der Waals surface area (Å²) < 4.78 is 24.1. The predicted molar refractivity (Wildman–Crippen MR) is 125 cm³/mol. The molecule has 1 heterocycles. The van der Waals surface area contributed by atoms with E-state index in [9.17, 15) is 0 Å². The number of fused-ring (bicyclic) bond motifs is 1. The van der Waals surface area contributed by atoms with E-state index < -0.39 is 5.60 Å². The van der Waals surface area contributed by atoms with Crippen molar-refractivity contribution in [3.63, 3.8) is 0 Å². The first-order chi connectivity index (χ1) is 15.0. The second-order valence-electron chi connectivity index (χ2n) is 8.35. The first kappa shape index (κ1) is 23.2. The highest BCUT2D eigenvalue weighted by molar-refractivity contribution is 5.54. The molecule has 2 aromatic rings. The van der Waals surface area contributed by atoms with E-state index in [0.717, 1.165) is 35.6 Å². The summed E-state index contributed by atoms with van der Waals surface area (Å²) in [4.78, 5) is 0. The van der Waals surface area contributed by atoms with Crippen molar-refractivity contribution in [1.29, 1.82) is 0 Å². The Morgan fingerprint density at radius 2 is 1.90 bits per heavy atom. The van der Waals surface area contributed by atoms with Crippen LogP contribution in [0.3, 0.4) is 0 Å². The Labute approximate surface area is 186 Å². The fourth-order valence-electron chi connectivity index (χ4n) is 3.78. The number of hydrogen-bond acceptors (Lipinski definition) is 5. The van der Waals surface area contributed by atoms with Crippen LogP contribution < -0.4 is 14.8 Å². The molecular weight excluding hydrogens is 390 g/mol. The second-order valence-corrected chi connectivity index (χ2v) is 8.35. The van der Waals surface area contributed by atoms with Crippen molar-refractivity contribution in [1.82, 2.24) is 0 Å². The van der Waals surface area contributed by atoms with Crippen molar-refractivity contribution in [2.75, 3.05) is 25.6 Å². The maximum Gasteiger partial charge on any atom is 0.132 e. The zero-order valence-electron chi connectivity index (χ0n) is 19.1. The molecule has 5 nitrogen and oxygen atoms in total. The average molecular weight is 426 g/mol. The van der Waals surface area contributed by atoms with E-state index >= 15 is 0 Å². The van der Waals surface area contributed by atoms with Gasteiger partial charge in [0, 0.05) is 24.4 Å². The van der Waals surface area contributed by atoms with Gasteiger partial charge >= 0.3 is 0 Å². The molecule has 0 bridgehead atoms. The Morgan fingerprint density at radius 1 is 1.13 bits per heavy atom. The van der Waals surface area contributed by atoms with Crippen LogP contribution in [0.1, 0.15) is 50.8 Å². The molecule has 0 saturated heterocycles. The zero-order valence-corrected chi connectivity index (χ0v) is 19.1. The molecule has 5 heteroatoms. The first-order valence-corrected chi connectivity index (χ1v) is 11.0. The van der Waals surface area contributed by atoms with Gasteiger partial charge in [-0.05, 0) is 56.2 Å². The van der Waals surface area contributed by atoms with E-state index in [1.54, 1.807) is 13.2 Å². The van der Waals surface area contributed by atoms with E-state index in [0.29, 0.717) is 19.8 Å². The Hall–Kier alpha value is -2.50. The summed E-state index contributed by atoms with van der Waals surface area (Å²) in [7, 11) is 1.68. The molecule has 1 N–H and O–H groups in total. The molecule has 3 rings (SSSR count). The third-order valence-electron chi connectivity index (χ3n) is 5.49. The SMILES string of the molecule is C=CCOC1C(OCCCC)c2cc(NCc3ccc(OC)cc3)ccc2OC1(C)C. The van der Waals surface area contributed by atoms with E-state index in [4.69, 9.17) is 18.9 Å². The molecule has 0 aromatic heterocycles. The molecule has 2 atom stereocenters. The van der Waals surface area contributed by atoms with Crippen LogP contribution in [0.4, 0.5) is 5.69 Å². The van der Waals surface area contributed by atoms with Gasteiger partial charge in [0.25, 0.3) is 0 Å². The van der Waals surface area contributed by atoms with E-state index in [2.05, 4.69) is 50.9 Å². The lowest BCUT2D eigenvalue weighted by molar-refractivity contribution is -0.157. The van der Waals surface area contributed by atoms with Crippen LogP contribution in [0.2, 0.25) is 0 Å². The molecule has 168 valence electrons. The van der Waals surface area contributed by atoms with Crippen molar-refractivity contribution >= 4 is 5.69 Å². The minimum atomic E-state index is -0.509. The van der Waals surface area contributed by atoms with Crippen LogP contribution in [0.15, 0.2) is 55.1 Å². The molecule has 0 saturated carbocycles. The summed E-state index contributed by atoms with van der Waals surface area (Å²) in [6.45, 7) is 11.9. The summed E-state index contributed by atoms with van der Waals surface area (Å²) in [5, 5.41) is 3.51. The lowest BCUT2D eigenvalue weighted by Crippen LogP contribution is -2.51. The zero-order chi connectivity index (χ0) is 22.3. The van der Waals surface area contributed by atoms with Gasteiger partial charge < -0.3 is 24.3 Å². The Balaban J connectivity index is 1.82. The van der Waals surface area contributed by atoms with Crippen molar-refractivity contribution in [2.45, 2.75) is 58.0 Å². The van der Waals surface area contributed by atoms with Gasteiger partial charge in [0.15, 0.2) is 0 Å². The molecule has 31 heavy (non-hydrogen) atoms. The summed E-state index contributed by atoms with van der Waals surface area (Å²) in [5.74, 6) is 1.70. The molecule has 2 aromatic carbocycles. The van der Waals surface area contributed by atoms with Crippen molar-refractivity contribution < 1.29 is 18.9 Å². The van der Waals surface area contributed by atoms with Crippen LogP contribution in [0.25, 0.3) is 0 Å². The quantitative estimate of drug-likeness (QED) is 0.358. The fourth-order valence-corrected chi connectivity index (χ4v) is 3.78. The Morgan fingerprint density at radius 3 is 2.58 bits per heavy atom. The molecule has 0 amide bonds. The molecule has 0 aliphatic carbocycles. The molecule has 1 aliphatic heterocycles. The summed E-state index contributed by atoms with van der Waals surface area (Å²) >= 11 is 0. The molecule has 0 radical (unpaired) electrons. The van der Waals surface area contributed by atoms with Crippen LogP contribution in [-0.4, -0.2) is 32.0 Å². The normalized spacial score (nSPS) is 19.2. The van der Waals surface area contributed by atoms with Gasteiger partial charge in [-0.2, -0.15) is 0 Å². The van der Waals surface area contributed by atoms with Gasteiger partial charge in [-0.3, -0.25) is 0 Å². The van der Waals surface area contributed by atoms with Gasteiger partial charge in [0.2, 0.25) is 0 Å². The smallest absolute Gasteiger partial charge is 0.132 e. The summed E-state index contributed by atoms with van der Waals surface area (Å²) in [6.07, 6.45) is 3.43. The topological polar surface area (TPSA) is 49.0 Å². The average Bonchev–Trinajstić information content (AvgIpc) is 2.77. The van der Waals surface area contributed by atoms with Crippen molar-refractivity contribution in [3.05, 3.63) is 66.2 Å². The highest BCUT2D eigenvalue weighted by Crippen LogP contribution is 2.44. The highest BCUT2D eigenvalue weighted by Gasteiger charge is 2.45. The molecule has 2 unspecified atom stereocenters. The maximum absolute atomic E-state index is 6.36. The molecule has 0 fully saturated rings. The second kappa shape index (κ2) is 10.7. The Kier molecular flexibility index (Phi) is 7.99. The molecule has 0 spiro atoms. The third-order valence-corrected chi connectivity index (χ3v) is 5.49. The number of hydrogen-bond donors (Lipinski definition) is 1. The van der Waals surface area contributed by atoms with Crippen LogP contribution >= 0.6 is 0 Å². The number of rotatable bonds is 11. The monoisotopic (exact) mass is 425 g/mol. The minimum absolute atomic E-state index is 0.201. The van der Waals surface area contributed by atoms with Gasteiger partial charge in [0.1, 0.15) is 29.3 Å². The Bertz CT molecular complexity index is 847. The van der Waals surface area contributed by atoms with E-state index in [1.807, 2.05) is 24.3 Å². The maximum atomic E-state index is 6.36. The largest absolute Gasteiger partial charge is 0.497 e. The molecule has 1 aliphatic rings. The van der Waals surface area contributed by atoms with Gasteiger partial charge in [-0.15, -0.1) is 6.58 Å². The van der Waals surface area contributed by atoms with Gasteiger partial charge in [0.05, 0.1) is 13.7 Å². The van der Waals surface area contributed by atoms with E-state index in [1.165, 1.54) is 5.56 Å². The highest BCUT2D eigenvalue weighted by atomic mass is 16.6. The van der Waals surface area contributed by atoms with Crippen molar-refractivity contribution in [2.24, 2.45) is 0 Å². The van der Waals surface area contributed by atoms with Gasteiger partial charge in [-0.25, -0.2) is 0 Å². The number of benzene rings is 2. The van der Waals surface area contributed by atoms with Crippen LogP contribution in [0.5, 0.6) is 11.5 Å². The van der Waals surface area contributed by atoms with Crippen molar-refractivity contribution in [3.8, 4) is 11.5 Å². The lowest BCUT2D eigenvalue weighted by Gasteiger charge is -2.44. The van der Waals surface area contributed by atoms with Gasteiger partial charge in [-0.1, -0.05) is 31.6 Å². The number of ether oxygens (including phenoxy) is 4. The van der Waals surface area contributed by atoms with Crippen LogP contribution in [0, 0.1) is 0 Å². The number of methoxy groups -OCH3 is 1. The summed E-state index contributed by atoms with van der Waals surface area (Å²) in [6, 6.07) is 14.3. The fraction of sp³-hybridized carbons (Fsp3) is 0.462. The number of anilines is 1. The number of nitrogens with one attached hydrogen (secondary N) is 1. The number of unbranched alkanes of at least 4 members (excludes halogenated alkanes) is 1. The summed E-state index contributed by atoms with van der Waals surface area (Å²) in [5.41, 5.74) is 2.71. The third kappa shape index (κ3) is 5.81. The standard InChI is InChI=1S/C26H35NO4/c1-6-8-16-29-24-22-17-20(27-18-19-9-12-21(28-5)13-10-19)11-14-23(22)31-26(3,4)25(24)30-15-7-2/h7,9-14,17,24-25,27H,2,6,8,15-16,18H2,1,3-5H3. The van der Waals surface area contributed by atoms with Crippen LogP contribution in [-0.2, 0) is 16.0 Å². The molecular formula is C26H35NO4.